The number of nitrogens with zero attached hydrogens (tertiary/aromatic N) is 1. The second-order valence-corrected chi connectivity index (χ2v) is 17.3. The van der Waals surface area contributed by atoms with Crippen molar-refractivity contribution in [3.05, 3.63) is 48.6 Å². The molecule has 8 heteroatoms. The summed E-state index contributed by atoms with van der Waals surface area (Å²) >= 11 is 0. The number of carboxylic acids is 1. The summed E-state index contributed by atoms with van der Waals surface area (Å²) in [7, 11) is 5.53. The lowest BCUT2D eigenvalue weighted by Gasteiger charge is -2.31. The number of rotatable bonds is 43. The van der Waals surface area contributed by atoms with Crippen molar-refractivity contribution in [1.29, 1.82) is 0 Å². The van der Waals surface area contributed by atoms with Crippen molar-refractivity contribution in [1.82, 2.24) is 0 Å². The van der Waals surface area contributed by atoms with E-state index in [1.54, 1.807) is 0 Å². The molecule has 342 valence electrons. The SMILES string of the molecule is CC/C=C\C/C=C\C/C=C\C/C=C\CCCCCCCCC(=O)OC(COCCC(C(=O)O)[N+](C)(C)C)COC(=O)CCCCCCCCCCCCCCCCCC. The summed E-state index contributed by atoms with van der Waals surface area (Å²) in [5.74, 6) is -1.48. The standard InChI is InChI=1S/C51H91NO7/c1-6-8-10-12-14-16-18-20-22-24-25-26-28-30-32-34-36-38-40-42-50(54)59-47(45-57-44-43-48(51(55)56)52(3,4)5)46-58-49(53)41-39-37-35-33-31-29-27-23-21-19-17-15-13-11-9-7-2/h8,10,14,16,20,22,25-26,47-48H,6-7,9,11-13,15,17-19,21,23-24,27-46H2,1-5H3/p+1/b10-8-,16-14-,22-20-,26-25-. The first kappa shape index (κ1) is 56.3. The van der Waals surface area contributed by atoms with E-state index in [1.165, 1.54) is 96.3 Å². The Kier molecular flexibility index (Phi) is 40.1. The molecule has 1 N–H and O–H groups in total. The van der Waals surface area contributed by atoms with Crippen LogP contribution in [0, 0.1) is 0 Å². The normalized spacial score (nSPS) is 13.3. The van der Waals surface area contributed by atoms with Crippen LogP contribution in [-0.2, 0) is 28.6 Å². The number of ether oxygens (including phenoxy) is 3. The molecule has 0 saturated carbocycles. The lowest BCUT2D eigenvalue weighted by molar-refractivity contribution is -0.887. The van der Waals surface area contributed by atoms with Crippen molar-refractivity contribution >= 4 is 17.9 Å². The number of allylic oxidation sites excluding steroid dienone is 8. The summed E-state index contributed by atoms with van der Waals surface area (Å²) in [6.45, 7) is 4.63. The van der Waals surface area contributed by atoms with Crippen molar-refractivity contribution in [2.75, 3.05) is 41.0 Å². The van der Waals surface area contributed by atoms with Gasteiger partial charge in [-0.25, -0.2) is 4.79 Å². The van der Waals surface area contributed by atoms with Gasteiger partial charge in [0, 0.05) is 19.3 Å². The molecule has 0 bridgehead atoms. The molecule has 0 radical (unpaired) electrons. The lowest BCUT2D eigenvalue weighted by Crippen LogP contribution is -2.50. The quantitative estimate of drug-likeness (QED) is 0.0283. The highest BCUT2D eigenvalue weighted by molar-refractivity contribution is 5.72. The van der Waals surface area contributed by atoms with Gasteiger partial charge in [0.2, 0.25) is 0 Å². The third kappa shape index (κ3) is 40.5. The summed E-state index contributed by atoms with van der Waals surface area (Å²) in [5, 5.41) is 9.64. The topological polar surface area (TPSA) is 99.1 Å². The fourth-order valence-corrected chi connectivity index (χ4v) is 7.02. The highest BCUT2D eigenvalue weighted by Gasteiger charge is 2.31. The number of likely N-dealkylation sites (N-methyl/N-ethyl adjacent to an activating group) is 1. The number of esters is 2. The van der Waals surface area contributed by atoms with Gasteiger partial charge in [0.1, 0.15) is 6.61 Å². The Morgan fingerprint density at radius 1 is 0.525 bits per heavy atom. The van der Waals surface area contributed by atoms with Crippen LogP contribution in [0.5, 0.6) is 0 Å². The van der Waals surface area contributed by atoms with E-state index in [0.717, 1.165) is 77.0 Å². The molecule has 0 aliphatic rings. The Balaban J connectivity index is 4.31. The number of unbranched alkanes of at least 4 members (excludes halogenated alkanes) is 21. The van der Waals surface area contributed by atoms with Crippen LogP contribution in [0.25, 0.3) is 0 Å². The summed E-state index contributed by atoms with van der Waals surface area (Å²) in [5.41, 5.74) is 0. The molecule has 2 atom stereocenters. The van der Waals surface area contributed by atoms with E-state index in [2.05, 4.69) is 62.5 Å². The first-order valence-corrected chi connectivity index (χ1v) is 24.2. The first-order valence-electron chi connectivity index (χ1n) is 24.2. The molecule has 0 spiro atoms. The lowest BCUT2D eigenvalue weighted by atomic mass is 10.0. The molecular weight excluding hydrogens is 739 g/mol. The second kappa shape index (κ2) is 42.0. The Bertz CT molecular complexity index is 1110. The Morgan fingerprint density at radius 3 is 1.41 bits per heavy atom. The molecule has 0 aliphatic heterocycles. The van der Waals surface area contributed by atoms with Crippen LogP contribution in [0.2, 0.25) is 0 Å². The van der Waals surface area contributed by atoms with Crippen molar-refractivity contribution in [2.45, 2.75) is 219 Å². The van der Waals surface area contributed by atoms with Gasteiger partial charge < -0.3 is 23.8 Å². The summed E-state index contributed by atoms with van der Waals surface area (Å²) in [6, 6.07) is -0.617. The molecule has 0 saturated heterocycles. The average molecular weight is 831 g/mol. The van der Waals surface area contributed by atoms with Crippen molar-refractivity contribution in [2.24, 2.45) is 0 Å². The molecular formula is C51H92NO7+. The fraction of sp³-hybridized carbons (Fsp3) is 0.784. The molecule has 0 aliphatic carbocycles. The molecule has 0 aromatic carbocycles. The number of quaternary nitrogens is 1. The zero-order valence-corrected chi connectivity index (χ0v) is 39.0. The summed E-state index contributed by atoms with van der Waals surface area (Å²) in [6.07, 6.45) is 50.1. The maximum atomic E-state index is 12.8. The van der Waals surface area contributed by atoms with Crippen LogP contribution in [-0.4, -0.2) is 80.6 Å². The third-order valence-corrected chi connectivity index (χ3v) is 10.7. The summed E-state index contributed by atoms with van der Waals surface area (Å²) in [4.78, 5) is 37.1. The maximum absolute atomic E-state index is 12.8. The molecule has 0 rings (SSSR count). The van der Waals surface area contributed by atoms with E-state index in [1.807, 2.05) is 21.1 Å². The van der Waals surface area contributed by atoms with E-state index in [4.69, 9.17) is 14.2 Å². The second-order valence-electron chi connectivity index (χ2n) is 17.3. The molecule has 0 aromatic rings. The molecule has 2 unspecified atom stereocenters. The minimum atomic E-state index is -0.877. The fourth-order valence-electron chi connectivity index (χ4n) is 7.02. The van der Waals surface area contributed by atoms with Crippen LogP contribution in [0.4, 0.5) is 0 Å². The van der Waals surface area contributed by atoms with Crippen LogP contribution in [0.1, 0.15) is 206 Å². The van der Waals surface area contributed by atoms with Crippen LogP contribution in [0.3, 0.4) is 0 Å². The minimum Gasteiger partial charge on any atom is -0.477 e. The van der Waals surface area contributed by atoms with E-state index < -0.39 is 18.1 Å². The number of hydrogen-bond donors (Lipinski definition) is 1. The van der Waals surface area contributed by atoms with E-state index in [0.29, 0.717) is 19.3 Å². The number of carbonyl (C=O) groups excluding carboxylic acids is 2. The highest BCUT2D eigenvalue weighted by atomic mass is 16.6. The molecule has 0 aromatic heterocycles. The molecule has 0 fully saturated rings. The van der Waals surface area contributed by atoms with Gasteiger partial charge in [-0.2, -0.15) is 0 Å². The van der Waals surface area contributed by atoms with Crippen LogP contribution >= 0.6 is 0 Å². The predicted octanol–water partition coefficient (Wildman–Crippen LogP) is 13.6. The highest BCUT2D eigenvalue weighted by Crippen LogP contribution is 2.15. The number of carbonyl (C=O) groups is 3. The van der Waals surface area contributed by atoms with Crippen molar-refractivity contribution < 1.29 is 38.2 Å². The molecule has 8 nitrogen and oxygen atoms in total. The van der Waals surface area contributed by atoms with Gasteiger partial charge in [-0.3, -0.25) is 9.59 Å². The number of aliphatic carboxylic acids is 1. The maximum Gasteiger partial charge on any atom is 0.362 e. The number of hydrogen-bond acceptors (Lipinski definition) is 6. The molecule has 0 amide bonds. The van der Waals surface area contributed by atoms with Gasteiger partial charge in [0.25, 0.3) is 0 Å². The van der Waals surface area contributed by atoms with Crippen LogP contribution < -0.4 is 0 Å². The largest absolute Gasteiger partial charge is 0.477 e. The van der Waals surface area contributed by atoms with Gasteiger partial charge in [0.05, 0.1) is 34.4 Å². The Morgan fingerprint density at radius 2 is 0.949 bits per heavy atom. The van der Waals surface area contributed by atoms with Gasteiger partial charge in [-0.15, -0.1) is 0 Å². The first-order chi connectivity index (χ1) is 28.6. The van der Waals surface area contributed by atoms with Gasteiger partial charge in [0.15, 0.2) is 12.1 Å². The van der Waals surface area contributed by atoms with E-state index in [-0.39, 0.29) is 36.2 Å². The van der Waals surface area contributed by atoms with Crippen LogP contribution in [0.15, 0.2) is 48.6 Å². The van der Waals surface area contributed by atoms with E-state index >= 15 is 0 Å². The Labute approximate surface area is 363 Å². The smallest absolute Gasteiger partial charge is 0.362 e. The minimum absolute atomic E-state index is 0.0552. The zero-order valence-electron chi connectivity index (χ0n) is 39.0. The Hall–Kier alpha value is -2.71. The third-order valence-electron chi connectivity index (χ3n) is 10.7. The van der Waals surface area contributed by atoms with Crippen molar-refractivity contribution in [3.63, 3.8) is 0 Å². The summed E-state index contributed by atoms with van der Waals surface area (Å²) < 4.78 is 17.3. The van der Waals surface area contributed by atoms with Crippen molar-refractivity contribution in [3.8, 4) is 0 Å². The predicted molar refractivity (Wildman–Crippen MR) is 248 cm³/mol. The van der Waals surface area contributed by atoms with Gasteiger partial charge in [-0.05, 0) is 51.4 Å². The van der Waals surface area contributed by atoms with Gasteiger partial charge >= 0.3 is 17.9 Å². The zero-order chi connectivity index (χ0) is 43.5. The van der Waals surface area contributed by atoms with Gasteiger partial charge in [-0.1, -0.05) is 184 Å². The molecule has 0 heterocycles. The monoisotopic (exact) mass is 831 g/mol. The number of carboxylic acid groups (broad SMARTS) is 1. The molecule has 59 heavy (non-hydrogen) atoms. The average Bonchev–Trinajstić information content (AvgIpc) is 3.19. The van der Waals surface area contributed by atoms with E-state index in [9.17, 15) is 19.5 Å².